The predicted octanol–water partition coefficient (Wildman–Crippen LogP) is 7.37. The molecule has 244 valence electrons. The van der Waals surface area contributed by atoms with E-state index in [-0.39, 0.29) is 16.4 Å². The second-order valence-corrected chi connectivity index (χ2v) is 11.5. The first kappa shape index (κ1) is 33.3. The Hall–Kier alpha value is -4.04. The van der Waals surface area contributed by atoms with Crippen LogP contribution in [0.25, 0.3) is 10.9 Å². The normalized spacial score (nSPS) is 14.2. The maximum atomic E-state index is 13.2. The number of aromatic nitrogens is 2. The Morgan fingerprint density at radius 1 is 0.935 bits per heavy atom. The monoisotopic (exact) mass is 677 g/mol. The average molecular weight is 679 g/mol. The van der Waals surface area contributed by atoms with Crippen molar-refractivity contribution in [2.24, 2.45) is 0 Å². The lowest BCUT2D eigenvalue weighted by atomic mass is 10.2. The Balaban J connectivity index is 1.22. The zero-order chi connectivity index (χ0) is 32.8. The lowest BCUT2D eigenvalue weighted by molar-refractivity contribution is -0.137. The number of methoxy groups -OCH3 is 1. The van der Waals surface area contributed by atoms with Gasteiger partial charge < -0.3 is 35.2 Å². The minimum absolute atomic E-state index is 0.0890. The molecule has 1 fully saturated rings. The van der Waals surface area contributed by atoms with Crippen LogP contribution in [-0.2, 0) is 6.18 Å². The fourth-order valence-electron chi connectivity index (χ4n) is 4.91. The van der Waals surface area contributed by atoms with E-state index < -0.39 is 22.8 Å². The van der Waals surface area contributed by atoms with E-state index in [0.29, 0.717) is 40.5 Å². The second kappa shape index (κ2) is 14.6. The molecule has 1 saturated heterocycles. The number of piperazine rings is 1. The van der Waals surface area contributed by atoms with Crippen molar-refractivity contribution in [2.75, 3.05) is 69.4 Å². The van der Waals surface area contributed by atoms with E-state index in [1.54, 1.807) is 31.4 Å². The first-order chi connectivity index (χ1) is 22.0. The van der Waals surface area contributed by atoms with Gasteiger partial charge in [-0.05, 0) is 55.9 Å². The third-order valence-electron chi connectivity index (χ3n) is 7.40. The minimum atomic E-state index is -4.67. The van der Waals surface area contributed by atoms with Gasteiger partial charge in [0.1, 0.15) is 12.1 Å². The van der Waals surface area contributed by atoms with Crippen molar-refractivity contribution in [3.63, 3.8) is 0 Å². The van der Waals surface area contributed by atoms with Gasteiger partial charge in [0.2, 0.25) is 0 Å². The molecule has 0 atom stereocenters. The SMILES string of the molecule is COc1cc2c(Nc3ccc(NC(=O)Nc4ccc(Cl)c(C(F)(F)F)c4)c(Cl)c3)ncnc2cc1OCCCN1CCN(C)CC1. The summed E-state index contributed by atoms with van der Waals surface area (Å²) in [6, 6.07) is 10.7. The molecule has 10 nitrogen and oxygen atoms in total. The molecule has 46 heavy (non-hydrogen) atoms. The van der Waals surface area contributed by atoms with Gasteiger partial charge in [0.05, 0.1) is 40.5 Å². The number of anilines is 4. The van der Waals surface area contributed by atoms with E-state index in [1.807, 2.05) is 6.07 Å². The van der Waals surface area contributed by atoms with E-state index >= 15 is 0 Å². The van der Waals surface area contributed by atoms with Crippen molar-refractivity contribution in [1.29, 1.82) is 0 Å². The minimum Gasteiger partial charge on any atom is -0.493 e. The molecule has 2 amide bonds. The molecule has 3 aromatic carbocycles. The molecule has 0 saturated carbocycles. The van der Waals surface area contributed by atoms with Crippen molar-refractivity contribution < 1.29 is 27.4 Å². The standard InChI is InChI=1S/C31H32Cl2F3N7O3/c1-42-9-11-43(12-10-42)8-3-13-46-28-17-26-21(16-27(28)45-2)29(38-18-37-26)39-20-5-7-25(24(33)15-20)41-30(44)40-19-4-6-23(32)22(14-19)31(34,35)36/h4-7,14-18H,3,8-13H2,1-2H3,(H,37,38,39)(H2,40,41,44). The van der Waals surface area contributed by atoms with Gasteiger partial charge in [-0.3, -0.25) is 0 Å². The number of benzene rings is 3. The molecular weight excluding hydrogens is 646 g/mol. The van der Waals surface area contributed by atoms with Gasteiger partial charge in [0.25, 0.3) is 0 Å². The molecule has 0 aliphatic carbocycles. The second-order valence-electron chi connectivity index (χ2n) is 10.7. The van der Waals surface area contributed by atoms with Crippen LogP contribution in [0.5, 0.6) is 11.5 Å². The van der Waals surface area contributed by atoms with E-state index in [1.165, 1.54) is 12.4 Å². The van der Waals surface area contributed by atoms with E-state index in [9.17, 15) is 18.0 Å². The lowest BCUT2D eigenvalue weighted by Crippen LogP contribution is -2.44. The molecule has 0 bridgehead atoms. The summed E-state index contributed by atoms with van der Waals surface area (Å²) in [6.45, 7) is 5.76. The van der Waals surface area contributed by atoms with Crippen LogP contribution in [-0.4, -0.2) is 79.3 Å². The molecule has 1 aliphatic heterocycles. The van der Waals surface area contributed by atoms with Crippen molar-refractivity contribution in [3.8, 4) is 11.5 Å². The quantitative estimate of drug-likeness (QED) is 0.150. The molecule has 2 heterocycles. The number of fused-ring (bicyclic) bond motifs is 1. The fraction of sp³-hybridized carbons (Fsp3) is 0.323. The van der Waals surface area contributed by atoms with Crippen molar-refractivity contribution in [2.45, 2.75) is 12.6 Å². The van der Waals surface area contributed by atoms with Crippen LogP contribution in [0.3, 0.4) is 0 Å². The molecular formula is C31H32Cl2F3N7O3. The van der Waals surface area contributed by atoms with Gasteiger partial charge in [-0.2, -0.15) is 13.2 Å². The summed E-state index contributed by atoms with van der Waals surface area (Å²) < 4.78 is 51.2. The number of carbonyl (C=O) groups is 1. The third kappa shape index (κ3) is 8.40. The summed E-state index contributed by atoms with van der Waals surface area (Å²) in [5, 5.41) is 8.48. The van der Waals surface area contributed by atoms with Gasteiger partial charge in [-0.25, -0.2) is 14.8 Å². The smallest absolute Gasteiger partial charge is 0.417 e. The third-order valence-corrected chi connectivity index (χ3v) is 8.04. The molecule has 5 rings (SSSR count). The van der Waals surface area contributed by atoms with Crippen molar-refractivity contribution in [3.05, 3.63) is 70.5 Å². The summed E-state index contributed by atoms with van der Waals surface area (Å²) in [6.07, 6.45) is -2.36. The number of halogens is 5. The highest BCUT2D eigenvalue weighted by atomic mass is 35.5. The van der Waals surface area contributed by atoms with Gasteiger partial charge >= 0.3 is 12.2 Å². The van der Waals surface area contributed by atoms with Crippen LogP contribution < -0.4 is 25.4 Å². The Labute approximate surface area is 273 Å². The summed E-state index contributed by atoms with van der Waals surface area (Å²) in [4.78, 5) is 26.0. The number of hydrogen-bond donors (Lipinski definition) is 3. The number of likely N-dealkylation sites (N-methyl/N-ethyl adjacent to an activating group) is 1. The Bertz CT molecular complexity index is 1700. The summed E-state index contributed by atoms with van der Waals surface area (Å²) in [5.41, 5.74) is 0.291. The molecule has 0 radical (unpaired) electrons. The van der Waals surface area contributed by atoms with Gasteiger partial charge in [-0.1, -0.05) is 23.2 Å². The fourth-order valence-corrected chi connectivity index (χ4v) is 5.37. The maximum Gasteiger partial charge on any atom is 0.417 e. The highest BCUT2D eigenvalue weighted by Crippen LogP contribution is 2.37. The maximum absolute atomic E-state index is 13.2. The first-order valence-corrected chi connectivity index (χ1v) is 15.1. The van der Waals surface area contributed by atoms with Crippen LogP contribution >= 0.6 is 23.2 Å². The lowest BCUT2D eigenvalue weighted by Gasteiger charge is -2.32. The summed E-state index contributed by atoms with van der Waals surface area (Å²) in [5.74, 6) is 1.61. The number of amides is 2. The van der Waals surface area contributed by atoms with Crippen LogP contribution in [0.15, 0.2) is 54.9 Å². The highest BCUT2D eigenvalue weighted by molar-refractivity contribution is 6.34. The molecule has 1 aromatic heterocycles. The molecule has 0 spiro atoms. The van der Waals surface area contributed by atoms with Crippen molar-refractivity contribution >= 4 is 63.0 Å². The number of ether oxygens (including phenoxy) is 2. The first-order valence-electron chi connectivity index (χ1n) is 14.4. The van der Waals surface area contributed by atoms with E-state index in [0.717, 1.165) is 51.3 Å². The Morgan fingerprint density at radius 2 is 1.70 bits per heavy atom. The van der Waals surface area contributed by atoms with Crippen LogP contribution in [0.4, 0.5) is 40.8 Å². The number of rotatable bonds is 10. The van der Waals surface area contributed by atoms with Gasteiger partial charge in [0, 0.05) is 55.6 Å². The Kier molecular flexibility index (Phi) is 10.6. The van der Waals surface area contributed by atoms with Crippen LogP contribution in [0, 0.1) is 0 Å². The molecule has 3 N–H and O–H groups in total. The molecule has 15 heteroatoms. The largest absolute Gasteiger partial charge is 0.493 e. The van der Waals surface area contributed by atoms with Crippen molar-refractivity contribution in [1.82, 2.24) is 19.8 Å². The predicted molar refractivity (Wildman–Crippen MR) is 174 cm³/mol. The highest BCUT2D eigenvalue weighted by Gasteiger charge is 2.33. The number of hydrogen-bond acceptors (Lipinski definition) is 8. The Morgan fingerprint density at radius 3 is 2.41 bits per heavy atom. The van der Waals surface area contributed by atoms with E-state index in [2.05, 4.69) is 42.8 Å². The number of nitrogens with zero attached hydrogens (tertiary/aromatic N) is 4. The number of urea groups is 1. The molecule has 1 aliphatic rings. The number of carbonyl (C=O) groups excluding carboxylic acids is 1. The van der Waals surface area contributed by atoms with Crippen LogP contribution in [0.2, 0.25) is 10.0 Å². The van der Waals surface area contributed by atoms with Gasteiger partial charge in [0.15, 0.2) is 11.5 Å². The average Bonchev–Trinajstić information content (AvgIpc) is 3.01. The summed E-state index contributed by atoms with van der Waals surface area (Å²) in [7, 11) is 3.71. The zero-order valence-corrected chi connectivity index (χ0v) is 26.6. The number of nitrogens with one attached hydrogen (secondary N) is 3. The number of alkyl halides is 3. The van der Waals surface area contributed by atoms with Crippen LogP contribution in [0.1, 0.15) is 12.0 Å². The van der Waals surface area contributed by atoms with E-state index in [4.69, 9.17) is 32.7 Å². The van der Waals surface area contributed by atoms with Gasteiger partial charge in [-0.15, -0.1) is 0 Å². The zero-order valence-electron chi connectivity index (χ0n) is 25.0. The topological polar surface area (TPSA) is 104 Å². The summed E-state index contributed by atoms with van der Waals surface area (Å²) >= 11 is 12.1. The molecule has 4 aromatic rings. The molecule has 0 unspecified atom stereocenters.